The van der Waals surface area contributed by atoms with Crippen molar-refractivity contribution < 1.29 is 41.7 Å². The van der Waals surface area contributed by atoms with Crippen LogP contribution in [-0.4, -0.2) is 47.3 Å². The number of carbonyl (C=O) groups excluding carboxylic acids is 2. The van der Waals surface area contributed by atoms with Crippen LogP contribution in [0.25, 0.3) is 0 Å². The van der Waals surface area contributed by atoms with Crippen LogP contribution >= 0.6 is 11.6 Å². The maximum atomic E-state index is 13.7. The van der Waals surface area contributed by atoms with E-state index in [-0.39, 0.29) is 24.7 Å². The number of hydrogen-bond acceptors (Lipinski definition) is 5. The number of nitrogens with one attached hydrogen (secondary N) is 2. The summed E-state index contributed by atoms with van der Waals surface area (Å²) in [6.45, 7) is 1.05. The number of amides is 2. The molecule has 3 fully saturated rings. The Hall–Kier alpha value is -3.05. The minimum atomic E-state index is -4.83. The lowest BCUT2D eigenvalue weighted by molar-refractivity contribution is -0.140. The van der Waals surface area contributed by atoms with Gasteiger partial charge in [0.1, 0.15) is 17.3 Å². The Labute approximate surface area is 221 Å². The van der Waals surface area contributed by atoms with Crippen molar-refractivity contribution >= 4 is 23.4 Å². The van der Waals surface area contributed by atoms with Crippen molar-refractivity contribution in [3.63, 3.8) is 0 Å². The number of ether oxygens (including phenoxy) is 2. The highest BCUT2D eigenvalue weighted by Gasteiger charge is 2.55. The zero-order chi connectivity index (χ0) is 27.7. The second-order valence-corrected chi connectivity index (χ2v) is 10.3. The van der Waals surface area contributed by atoms with E-state index in [1.807, 2.05) is 6.92 Å². The van der Waals surface area contributed by atoms with Gasteiger partial charge in [-0.05, 0) is 74.9 Å². The second kappa shape index (κ2) is 10.6. The summed E-state index contributed by atoms with van der Waals surface area (Å²) in [5, 5.41) is 17.2. The summed E-state index contributed by atoms with van der Waals surface area (Å²) in [4.78, 5) is 25.1. The van der Waals surface area contributed by atoms with E-state index in [9.17, 15) is 32.3 Å². The molecule has 0 aromatic heterocycles. The summed E-state index contributed by atoms with van der Waals surface area (Å²) in [6.07, 6.45) is -3.73. The molecule has 206 valence electrons. The van der Waals surface area contributed by atoms with E-state index in [1.165, 1.54) is 0 Å². The topological polar surface area (TPSA) is 96.9 Å². The third-order valence-electron chi connectivity index (χ3n) is 7.23. The van der Waals surface area contributed by atoms with E-state index >= 15 is 0 Å². The highest BCUT2D eigenvalue weighted by atomic mass is 35.5. The first-order valence-electron chi connectivity index (χ1n) is 12.0. The summed E-state index contributed by atoms with van der Waals surface area (Å²) >= 11 is 6.00. The van der Waals surface area contributed by atoms with E-state index in [0.717, 1.165) is 11.6 Å². The molecule has 1 atom stereocenters. The van der Waals surface area contributed by atoms with Crippen LogP contribution in [0.15, 0.2) is 36.4 Å². The molecule has 3 aliphatic carbocycles. The number of rotatable bonds is 8. The van der Waals surface area contributed by atoms with E-state index in [1.54, 1.807) is 18.2 Å². The van der Waals surface area contributed by atoms with Crippen molar-refractivity contribution in [3.05, 3.63) is 58.4 Å². The number of alkyl halides is 3. The molecule has 38 heavy (non-hydrogen) atoms. The molecule has 2 aromatic rings. The van der Waals surface area contributed by atoms with E-state index in [4.69, 9.17) is 21.1 Å². The summed E-state index contributed by atoms with van der Waals surface area (Å²) in [6, 6.07) is 7.13. The molecule has 0 heterocycles. The van der Waals surface area contributed by atoms with Crippen LogP contribution in [0.4, 0.5) is 17.6 Å². The van der Waals surface area contributed by atoms with Crippen LogP contribution in [0.5, 0.6) is 11.5 Å². The number of hydrogen-bond donors (Lipinski definition) is 3. The number of halogens is 5. The summed E-state index contributed by atoms with van der Waals surface area (Å²) in [7, 11) is 0. The van der Waals surface area contributed by atoms with Gasteiger partial charge in [0.15, 0.2) is 13.2 Å². The fraction of sp³-hybridized carbons (Fsp3) is 0.462. The van der Waals surface area contributed by atoms with Crippen molar-refractivity contribution in [2.24, 2.45) is 0 Å². The van der Waals surface area contributed by atoms with Crippen LogP contribution in [0.1, 0.15) is 43.2 Å². The van der Waals surface area contributed by atoms with Gasteiger partial charge in [-0.3, -0.25) is 9.59 Å². The molecule has 5 rings (SSSR count). The minimum absolute atomic E-state index is 0.200. The molecule has 2 aromatic carbocycles. The van der Waals surface area contributed by atoms with Crippen molar-refractivity contribution in [3.8, 4) is 11.5 Å². The molecule has 0 unspecified atom stereocenters. The van der Waals surface area contributed by atoms with Gasteiger partial charge in [0.2, 0.25) is 0 Å². The van der Waals surface area contributed by atoms with Crippen molar-refractivity contribution in [1.29, 1.82) is 0 Å². The number of carbonyl (C=O) groups is 2. The van der Waals surface area contributed by atoms with Gasteiger partial charge in [0, 0.05) is 16.6 Å². The second-order valence-electron chi connectivity index (χ2n) is 9.88. The lowest BCUT2D eigenvalue weighted by Crippen LogP contribution is -2.70. The number of aryl methyl sites for hydroxylation is 1. The Morgan fingerprint density at radius 2 is 1.58 bits per heavy atom. The highest BCUT2D eigenvalue weighted by molar-refractivity contribution is 6.31. The van der Waals surface area contributed by atoms with Gasteiger partial charge in [-0.1, -0.05) is 11.6 Å². The molecule has 2 bridgehead atoms. The van der Waals surface area contributed by atoms with Crippen LogP contribution in [-0.2, 0) is 15.8 Å². The molecule has 12 heteroatoms. The minimum Gasteiger partial charge on any atom is -0.484 e. The summed E-state index contributed by atoms with van der Waals surface area (Å²) in [5.74, 6) is -2.15. The molecular weight excluding hydrogens is 532 g/mol. The van der Waals surface area contributed by atoms with Gasteiger partial charge in [0.25, 0.3) is 11.8 Å². The summed E-state index contributed by atoms with van der Waals surface area (Å²) < 4.78 is 62.6. The van der Waals surface area contributed by atoms with Crippen molar-refractivity contribution in [2.75, 3.05) is 13.2 Å². The van der Waals surface area contributed by atoms with Crippen LogP contribution < -0.4 is 20.1 Å². The van der Waals surface area contributed by atoms with E-state index < -0.39 is 47.3 Å². The lowest BCUT2D eigenvalue weighted by atomic mass is 9.60. The lowest BCUT2D eigenvalue weighted by Gasteiger charge is -2.56. The maximum Gasteiger partial charge on any atom is 0.419 e. The molecule has 0 aliphatic heterocycles. The number of aliphatic hydroxyl groups excluding tert-OH is 1. The average Bonchev–Trinajstić information content (AvgIpc) is 2.84. The van der Waals surface area contributed by atoms with Gasteiger partial charge in [0.05, 0.1) is 17.2 Å². The molecule has 7 nitrogen and oxygen atoms in total. The Kier molecular flexibility index (Phi) is 7.81. The maximum absolute atomic E-state index is 13.7. The predicted molar refractivity (Wildman–Crippen MR) is 129 cm³/mol. The standard InChI is InChI=1S/C26H27ClF4N2O5/c1-15-10-16(3-5-19(15)27)37-14-23(36)33-25-8-6-24(7-9-25,12-21(25)34)32-22(35)13-38-17-2-4-18(20(28)11-17)26(29,30)31/h2-5,10-11,21,34H,6-9,12-14H2,1H3,(H,32,35)(H,33,36)/t21-,24?,25?/m0/s1. The number of benzene rings is 2. The zero-order valence-electron chi connectivity index (χ0n) is 20.5. The fourth-order valence-corrected chi connectivity index (χ4v) is 5.25. The summed E-state index contributed by atoms with van der Waals surface area (Å²) in [5.41, 5.74) is -2.16. The quantitative estimate of drug-likeness (QED) is 0.420. The number of fused-ring (bicyclic) bond motifs is 3. The third kappa shape index (κ3) is 6.15. The van der Waals surface area contributed by atoms with Crippen LogP contribution in [0.3, 0.4) is 0 Å². The smallest absolute Gasteiger partial charge is 0.419 e. The normalized spacial score (nSPS) is 24.6. The molecule has 3 saturated carbocycles. The van der Waals surface area contributed by atoms with Crippen LogP contribution in [0.2, 0.25) is 5.02 Å². The van der Waals surface area contributed by atoms with Gasteiger partial charge in [-0.15, -0.1) is 0 Å². The van der Waals surface area contributed by atoms with Gasteiger partial charge in [-0.25, -0.2) is 4.39 Å². The average molecular weight is 559 g/mol. The Morgan fingerprint density at radius 3 is 2.13 bits per heavy atom. The molecule has 0 spiro atoms. The largest absolute Gasteiger partial charge is 0.484 e. The molecule has 2 amide bonds. The first kappa shape index (κ1) is 28.0. The van der Waals surface area contributed by atoms with E-state index in [0.29, 0.717) is 48.6 Å². The van der Waals surface area contributed by atoms with Gasteiger partial charge < -0.3 is 25.2 Å². The molecule has 3 aliphatic rings. The Bertz CT molecular complexity index is 1210. The van der Waals surface area contributed by atoms with Crippen molar-refractivity contribution in [2.45, 2.75) is 62.4 Å². The SMILES string of the molecule is Cc1cc(OCC(=O)NC23CCC(NC(=O)COc4ccc(C(F)(F)F)c(F)c4)(CC2)C[C@@H]3O)ccc1Cl. The predicted octanol–water partition coefficient (Wildman–Crippen LogP) is 4.31. The zero-order valence-corrected chi connectivity index (χ0v) is 21.2. The Morgan fingerprint density at radius 1 is 1.00 bits per heavy atom. The molecule has 3 N–H and O–H groups in total. The van der Waals surface area contributed by atoms with E-state index in [2.05, 4.69) is 10.6 Å². The van der Waals surface area contributed by atoms with Crippen molar-refractivity contribution in [1.82, 2.24) is 10.6 Å². The monoisotopic (exact) mass is 558 g/mol. The molecular formula is C26H27ClF4N2O5. The van der Waals surface area contributed by atoms with Crippen LogP contribution in [0, 0.1) is 12.7 Å². The number of aliphatic hydroxyl groups is 1. The highest BCUT2D eigenvalue weighted by Crippen LogP contribution is 2.47. The first-order chi connectivity index (χ1) is 17.8. The Balaban J connectivity index is 1.27. The molecule has 0 saturated heterocycles. The van der Waals surface area contributed by atoms with Gasteiger partial charge >= 0.3 is 6.18 Å². The molecule has 0 radical (unpaired) electrons. The van der Waals surface area contributed by atoms with Gasteiger partial charge in [-0.2, -0.15) is 13.2 Å². The third-order valence-corrected chi connectivity index (χ3v) is 7.65. The first-order valence-corrected chi connectivity index (χ1v) is 12.4. The fourth-order valence-electron chi connectivity index (χ4n) is 5.13.